The van der Waals surface area contributed by atoms with Gasteiger partial charge in [0.25, 0.3) is 0 Å². The lowest BCUT2D eigenvalue weighted by Gasteiger charge is -1.98. The van der Waals surface area contributed by atoms with Gasteiger partial charge in [-0.3, -0.25) is 19.2 Å². The molecule has 2 heterocycles. The molecule has 17 heavy (non-hydrogen) atoms. The summed E-state index contributed by atoms with van der Waals surface area (Å²) in [6.45, 7) is 0. The van der Waals surface area contributed by atoms with Crippen LogP contribution in [0.25, 0.3) is 0 Å². The third kappa shape index (κ3) is 1.33. The van der Waals surface area contributed by atoms with Crippen LogP contribution in [0.15, 0.2) is 12.1 Å². The molecule has 0 bridgehead atoms. The standard InChI is InChI=1S/C10H2O4S3/c11-7-3-1-5-6(2-4(3)8(12)16-7)10(14)17(15)9(5)13/h1-2H. The second-order valence-corrected chi connectivity index (χ2v) is 6.69. The number of carbonyl (C=O) groups excluding carboxylic acids is 4. The molecule has 0 radical (unpaired) electrons. The van der Waals surface area contributed by atoms with Gasteiger partial charge in [-0.2, -0.15) is 0 Å². The van der Waals surface area contributed by atoms with E-state index in [1.54, 1.807) is 0 Å². The molecule has 0 atom stereocenters. The smallest absolute Gasteiger partial charge is 0.231 e. The minimum absolute atomic E-state index is 0.177. The van der Waals surface area contributed by atoms with Crippen LogP contribution in [0.5, 0.6) is 0 Å². The van der Waals surface area contributed by atoms with Crippen LogP contribution >= 0.6 is 11.8 Å². The van der Waals surface area contributed by atoms with Crippen LogP contribution in [0.3, 0.4) is 0 Å². The van der Waals surface area contributed by atoms with Gasteiger partial charge in [0.15, 0.2) is 0 Å². The number of fused-ring (bicyclic) bond motifs is 2. The Balaban J connectivity index is 2.35. The lowest BCUT2D eigenvalue weighted by atomic mass is 10.0. The average molecular weight is 282 g/mol. The molecule has 0 amide bonds. The molecule has 0 saturated heterocycles. The van der Waals surface area contributed by atoms with Crippen LogP contribution in [-0.4, -0.2) is 20.5 Å². The average Bonchev–Trinajstić information content (AvgIpc) is 2.70. The van der Waals surface area contributed by atoms with E-state index < -0.39 is 19.7 Å². The Morgan fingerprint density at radius 1 is 0.824 bits per heavy atom. The minimum atomic E-state index is -1.40. The molecule has 7 heteroatoms. The molecule has 2 aliphatic heterocycles. The van der Waals surface area contributed by atoms with Crippen molar-refractivity contribution in [2.45, 2.75) is 0 Å². The molecule has 1 aromatic rings. The summed E-state index contributed by atoms with van der Waals surface area (Å²) in [4.78, 5) is 46.3. The van der Waals surface area contributed by atoms with Crippen molar-refractivity contribution in [1.29, 1.82) is 0 Å². The Morgan fingerprint density at radius 3 is 1.65 bits per heavy atom. The summed E-state index contributed by atoms with van der Waals surface area (Å²) >= 11 is 5.39. The predicted molar refractivity (Wildman–Crippen MR) is 66.1 cm³/mol. The molecule has 84 valence electrons. The molecule has 0 aliphatic carbocycles. The first-order valence-corrected chi connectivity index (χ1v) is 7.42. The van der Waals surface area contributed by atoms with Crippen molar-refractivity contribution in [2.75, 3.05) is 0 Å². The Morgan fingerprint density at radius 2 is 1.24 bits per heavy atom. The third-order valence-corrected chi connectivity index (χ3v) is 5.39. The normalized spacial score (nSPS) is 18.8. The van der Waals surface area contributed by atoms with Crippen molar-refractivity contribution < 1.29 is 19.2 Å². The highest BCUT2D eigenvalue weighted by atomic mass is 32.8. The molecule has 0 N–H and O–H groups in total. The molecule has 2 aliphatic rings. The summed E-state index contributed by atoms with van der Waals surface area (Å²) in [6, 6.07) is 2.65. The summed E-state index contributed by atoms with van der Waals surface area (Å²) in [7, 11) is -1.40. The van der Waals surface area contributed by atoms with Crippen LogP contribution in [0.2, 0.25) is 0 Å². The van der Waals surface area contributed by atoms with Crippen LogP contribution < -0.4 is 0 Å². The zero-order chi connectivity index (χ0) is 12.3. The van der Waals surface area contributed by atoms with Gasteiger partial charge in [0.05, 0.1) is 0 Å². The monoisotopic (exact) mass is 282 g/mol. The van der Waals surface area contributed by atoms with E-state index in [0.717, 1.165) is 0 Å². The van der Waals surface area contributed by atoms with Crippen molar-refractivity contribution in [3.8, 4) is 0 Å². The van der Waals surface area contributed by atoms with Crippen LogP contribution in [-0.2, 0) is 20.6 Å². The molecule has 0 fully saturated rings. The van der Waals surface area contributed by atoms with Crippen molar-refractivity contribution >= 4 is 52.9 Å². The van der Waals surface area contributed by atoms with Gasteiger partial charge in [0, 0.05) is 31.7 Å². The first-order valence-electron chi connectivity index (χ1n) is 4.45. The number of rotatable bonds is 0. The van der Waals surface area contributed by atoms with E-state index in [1.807, 2.05) is 0 Å². The van der Waals surface area contributed by atoms with Gasteiger partial charge in [-0.05, 0) is 35.1 Å². The van der Waals surface area contributed by atoms with E-state index in [2.05, 4.69) is 0 Å². The van der Waals surface area contributed by atoms with E-state index in [9.17, 15) is 19.2 Å². The highest BCUT2D eigenvalue weighted by molar-refractivity contribution is 8.46. The molecule has 0 unspecified atom stereocenters. The summed E-state index contributed by atoms with van der Waals surface area (Å²) in [5.74, 6) is 0. The fourth-order valence-corrected chi connectivity index (χ4v) is 3.92. The van der Waals surface area contributed by atoms with Gasteiger partial charge in [-0.25, -0.2) is 0 Å². The van der Waals surface area contributed by atoms with Crippen molar-refractivity contribution in [1.82, 2.24) is 0 Å². The van der Waals surface area contributed by atoms with Gasteiger partial charge in [0.2, 0.25) is 20.5 Å². The number of hydrogen-bond acceptors (Lipinski definition) is 6. The zero-order valence-electron chi connectivity index (χ0n) is 8.01. The number of hydrogen-bond donors (Lipinski definition) is 0. The summed E-state index contributed by atoms with van der Waals surface area (Å²) in [5.41, 5.74) is 0.758. The van der Waals surface area contributed by atoms with Crippen LogP contribution in [0.4, 0.5) is 0 Å². The van der Waals surface area contributed by atoms with E-state index in [1.165, 1.54) is 12.1 Å². The quantitative estimate of drug-likeness (QED) is 0.709. The third-order valence-electron chi connectivity index (χ3n) is 2.56. The van der Waals surface area contributed by atoms with Crippen molar-refractivity contribution in [2.24, 2.45) is 0 Å². The molecular formula is C10H2O4S3. The highest BCUT2D eigenvalue weighted by Gasteiger charge is 2.38. The van der Waals surface area contributed by atoms with E-state index in [-0.39, 0.29) is 32.5 Å². The van der Waals surface area contributed by atoms with Crippen LogP contribution in [0.1, 0.15) is 41.4 Å². The van der Waals surface area contributed by atoms with E-state index in [4.69, 9.17) is 11.2 Å². The van der Waals surface area contributed by atoms with Gasteiger partial charge < -0.3 is 0 Å². The fraction of sp³-hybridized carbons (Fsp3) is 0. The van der Waals surface area contributed by atoms with Crippen molar-refractivity contribution in [3.63, 3.8) is 0 Å². The minimum Gasteiger partial charge on any atom is -0.281 e. The number of thioether (sulfide) groups is 1. The highest BCUT2D eigenvalue weighted by Crippen LogP contribution is 2.35. The molecule has 4 nitrogen and oxygen atoms in total. The molecule has 3 rings (SSSR count). The summed E-state index contributed by atoms with van der Waals surface area (Å²) < 4.78 is 0. The zero-order valence-corrected chi connectivity index (χ0v) is 10.5. The Kier molecular flexibility index (Phi) is 2.19. The lowest BCUT2D eigenvalue weighted by Crippen LogP contribution is -2.02. The maximum absolute atomic E-state index is 11.7. The molecule has 0 spiro atoms. The summed E-state index contributed by atoms with van der Waals surface area (Å²) in [6.07, 6.45) is 0. The van der Waals surface area contributed by atoms with E-state index in [0.29, 0.717) is 11.8 Å². The first-order chi connectivity index (χ1) is 8.00. The molecule has 0 saturated carbocycles. The summed E-state index contributed by atoms with van der Waals surface area (Å²) in [5, 5.41) is -1.63. The molecule has 1 aromatic carbocycles. The maximum Gasteiger partial charge on any atom is 0.231 e. The largest absolute Gasteiger partial charge is 0.281 e. The molecule has 0 aromatic heterocycles. The number of benzene rings is 1. The van der Waals surface area contributed by atoms with Crippen LogP contribution in [0, 0.1) is 0 Å². The first kappa shape index (κ1) is 10.9. The second kappa shape index (κ2) is 3.41. The van der Waals surface area contributed by atoms with Gasteiger partial charge >= 0.3 is 0 Å². The van der Waals surface area contributed by atoms with Gasteiger partial charge in [-0.1, -0.05) is 0 Å². The van der Waals surface area contributed by atoms with Crippen molar-refractivity contribution in [3.05, 3.63) is 34.4 Å². The Labute approximate surface area is 106 Å². The van der Waals surface area contributed by atoms with E-state index >= 15 is 0 Å². The SMILES string of the molecule is O=C1SC(=O)c2cc3c(cc21)C(=O)S(=S)C3=O. The maximum atomic E-state index is 11.7. The Bertz CT molecular complexity index is 619. The molecular weight excluding hydrogens is 280 g/mol. The predicted octanol–water partition coefficient (Wildman–Crippen LogP) is 1.09. The fourth-order valence-electron chi connectivity index (χ4n) is 1.75. The Hall–Kier alpha value is -1.18. The van der Waals surface area contributed by atoms with Gasteiger partial charge in [0.1, 0.15) is 0 Å². The number of carbonyl (C=O) groups is 4. The lowest BCUT2D eigenvalue weighted by molar-refractivity contribution is 0.107. The second-order valence-electron chi connectivity index (χ2n) is 3.46. The topological polar surface area (TPSA) is 68.3 Å². The van der Waals surface area contributed by atoms with Gasteiger partial charge in [-0.15, -0.1) is 0 Å².